The minimum absolute atomic E-state index is 0.00649. The number of fused-ring (bicyclic) bond motifs is 2. The fourth-order valence-electron chi connectivity index (χ4n) is 8.64. The molecule has 326 valence electrons. The van der Waals surface area contributed by atoms with Gasteiger partial charge in [0.15, 0.2) is 0 Å². The molecule has 1 fully saturated rings. The van der Waals surface area contributed by atoms with E-state index in [4.69, 9.17) is 18.6 Å². The topological polar surface area (TPSA) is 161 Å². The van der Waals surface area contributed by atoms with Crippen LogP contribution in [0.2, 0.25) is 0 Å². The number of anilines is 1. The first-order valence-electron chi connectivity index (χ1n) is 20.6. The zero-order chi connectivity index (χ0) is 43.9. The Hall–Kier alpha value is -6.10. The lowest BCUT2D eigenvalue weighted by Crippen LogP contribution is -2.45. The van der Waals surface area contributed by atoms with E-state index in [9.17, 15) is 27.6 Å². The Labute approximate surface area is 359 Å². The molecule has 0 spiro atoms. The summed E-state index contributed by atoms with van der Waals surface area (Å²) in [4.78, 5) is 47.7. The molecule has 0 radical (unpaired) electrons. The number of aromatic nitrogens is 3. The van der Waals surface area contributed by atoms with Crippen molar-refractivity contribution in [1.82, 2.24) is 25.4 Å². The number of likely N-dealkylation sites (tertiary alicyclic amines) is 1. The number of ether oxygens (including phenoxy) is 3. The third-order valence-electron chi connectivity index (χ3n) is 11.2. The largest absolute Gasteiger partial charge is 0.496 e. The molecule has 13 nitrogen and oxygen atoms in total. The Kier molecular flexibility index (Phi) is 11.9. The van der Waals surface area contributed by atoms with Crippen molar-refractivity contribution < 1.29 is 41.4 Å². The SMILES string of the molecule is CCOC(=O)C1=C([C@@H]2CCCN2C(=O)OC(C)(C)C)NC(CCc2ccc(F)cc2)=C(c2n[nH]c(=O)o2)C1c1cc2cc(C(F)F)nc(N[C@@H]3CCc4c(OC)cccc43)c2s1. The Morgan fingerprint density at radius 3 is 2.58 bits per heavy atom. The highest BCUT2D eigenvalue weighted by Gasteiger charge is 2.45. The van der Waals surface area contributed by atoms with E-state index in [1.54, 1.807) is 57.9 Å². The predicted octanol–water partition coefficient (Wildman–Crippen LogP) is 9.10. The molecule has 62 heavy (non-hydrogen) atoms. The number of rotatable bonds is 12. The van der Waals surface area contributed by atoms with Crippen LogP contribution >= 0.6 is 11.3 Å². The molecule has 5 heterocycles. The second-order valence-electron chi connectivity index (χ2n) is 16.4. The van der Waals surface area contributed by atoms with Crippen molar-refractivity contribution in [2.45, 2.75) is 96.2 Å². The van der Waals surface area contributed by atoms with Crippen LogP contribution in [0.4, 0.5) is 23.8 Å². The normalized spacial score (nSPS) is 19.0. The van der Waals surface area contributed by atoms with E-state index >= 15 is 0 Å². The Morgan fingerprint density at radius 2 is 1.89 bits per heavy atom. The predicted molar refractivity (Wildman–Crippen MR) is 227 cm³/mol. The molecule has 17 heteroatoms. The minimum Gasteiger partial charge on any atom is -0.496 e. The number of methoxy groups -OCH3 is 1. The van der Waals surface area contributed by atoms with Gasteiger partial charge in [0.25, 0.3) is 6.43 Å². The molecular weight excluding hydrogens is 826 g/mol. The van der Waals surface area contributed by atoms with Crippen LogP contribution in [0.3, 0.4) is 0 Å². The zero-order valence-electron chi connectivity index (χ0n) is 34.9. The lowest BCUT2D eigenvalue weighted by molar-refractivity contribution is -0.138. The van der Waals surface area contributed by atoms with Crippen molar-refractivity contribution in [1.29, 1.82) is 0 Å². The van der Waals surface area contributed by atoms with Gasteiger partial charge < -0.3 is 29.3 Å². The van der Waals surface area contributed by atoms with Gasteiger partial charge >= 0.3 is 17.8 Å². The molecule has 0 saturated carbocycles. The third kappa shape index (κ3) is 8.54. The van der Waals surface area contributed by atoms with E-state index in [-0.39, 0.29) is 36.4 Å². The number of carbonyl (C=O) groups is 2. The number of nitrogens with one attached hydrogen (secondary N) is 3. The van der Waals surface area contributed by atoms with Crippen molar-refractivity contribution in [3.8, 4) is 5.75 Å². The van der Waals surface area contributed by atoms with Crippen molar-refractivity contribution in [3.63, 3.8) is 0 Å². The van der Waals surface area contributed by atoms with Crippen LogP contribution in [0.1, 0.15) is 105 Å². The van der Waals surface area contributed by atoms with Crippen molar-refractivity contribution >= 4 is 44.9 Å². The lowest BCUT2D eigenvalue weighted by atomic mass is 9.81. The Bertz CT molecular complexity index is 2630. The molecule has 2 aliphatic heterocycles. The first-order chi connectivity index (χ1) is 29.7. The summed E-state index contributed by atoms with van der Waals surface area (Å²) in [7, 11) is 1.61. The molecule has 0 bridgehead atoms. The molecule has 2 aromatic carbocycles. The van der Waals surface area contributed by atoms with Crippen molar-refractivity contribution in [2.24, 2.45) is 0 Å². The highest BCUT2D eigenvalue weighted by Crippen LogP contribution is 2.50. The number of halogens is 3. The average Bonchev–Trinajstić information content (AvgIpc) is 4.06. The lowest BCUT2D eigenvalue weighted by Gasteiger charge is -2.37. The van der Waals surface area contributed by atoms with Crippen LogP contribution in [0.15, 0.2) is 80.8 Å². The van der Waals surface area contributed by atoms with Gasteiger partial charge in [0.05, 0.1) is 42.0 Å². The maximum atomic E-state index is 14.6. The van der Waals surface area contributed by atoms with Gasteiger partial charge in [-0.3, -0.25) is 4.90 Å². The number of carbonyl (C=O) groups excluding carboxylic acids is 2. The van der Waals surface area contributed by atoms with Gasteiger partial charge in [0, 0.05) is 28.4 Å². The summed E-state index contributed by atoms with van der Waals surface area (Å²) in [6.07, 6.45) is -0.384. The summed E-state index contributed by atoms with van der Waals surface area (Å²) in [6.45, 7) is 7.35. The summed E-state index contributed by atoms with van der Waals surface area (Å²) in [6, 6.07) is 13.9. The number of dihydropyridines is 1. The number of benzene rings is 2. The number of pyridine rings is 1. The van der Waals surface area contributed by atoms with E-state index in [2.05, 4.69) is 25.8 Å². The van der Waals surface area contributed by atoms with E-state index in [0.717, 1.165) is 22.4 Å². The summed E-state index contributed by atoms with van der Waals surface area (Å²) in [5, 5.41) is 14.0. The number of allylic oxidation sites excluding steroid dienone is 2. The highest BCUT2D eigenvalue weighted by molar-refractivity contribution is 7.19. The molecule has 1 unspecified atom stereocenters. The smallest absolute Gasteiger partial charge is 0.434 e. The highest BCUT2D eigenvalue weighted by atomic mass is 32.1. The van der Waals surface area contributed by atoms with Gasteiger partial charge in [-0.2, -0.15) is 0 Å². The van der Waals surface area contributed by atoms with Crippen molar-refractivity contribution in [3.05, 3.63) is 121 Å². The van der Waals surface area contributed by atoms with Gasteiger partial charge in [-0.05, 0) is 119 Å². The number of nitrogens with zero attached hydrogens (tertiary/aromatic N) is 3. The molecule has 1 aliphatic carbocycles. The number of alkyl halides is 2. The standard InChI is InChI=1S/C45H47F3N6O7S/c1-6-59-42(55)36-35(33-22-24-21-30(39(47)48)51-40(38(24)62-33)50-28-19-17-27-26(28)9-7-11-32(27)58-5)34(41-52-53-43(56)60-41)29(18-14-23-12-15-25(46)16-13-23)49-37(36)31-10-8-20-54(31)44(57)61-45(2,3)4/h7,9,11-13,15-16,21-22,28,31,35,39,49H,6,8,10,14,17-20H2,1-5H3,(H,50,51)(H,53,56)/t28-,31+,35?/m1/s1. The van der Waals surface area contributed by atoms with E-state index in [0.29, 0.717) is 70.6 Å². The summed E-state index contributed by atoms with van der Waals surface area (Å²) < 4.78 is 66.7. The molecule has 1 saturated heterocycles. The Morgan fingerprint density at radius 1 is 1.10 bits per heavy atom. The van der Waals surface area contributed by atoms with Crippen LogP contribution in [0.5, 0.6) is 5.75 Å². The minimum atomic E-state index is -2.90. The monoisotopic (exact) mass is 872 g/mol. The molecule has 3 aliphatic rings. The van der Waals surface area contributed by atoms with Gasteiger partial charge in [0.2, 0.25) is 5.89 Å². The van der Waals surface area contributed by atoms with Crippen LogP contribution < -0.4 is 21.1 Å². The van der Waals surface area contributed by atoms with E-state index < -0.39 is 53.3 Å². The first kappa shape index (κ1) is 42.6. The van der Waals surface area contributed by atoms with E-state index in [1.807, 2.05) is 18.2 Å². The van der Waals surface area contributed by atoms with Gasteiger partial charge in [-0.15, -0.1) is 16.4 Å². The summed E-state index contributed by atoms with van der Waals surface area (Å²) in [5.74, 6) is -2.12. The maximum Gasteiger partial charge on any atom is 0.434 e. The molecular formula is C45H47F3N6O7S. The number of H-pyrrole nitrogens is 1. The molecule has 3 atom stereocenters. The molecule has 8 rings (SSSR count). The van der Waals surface area contributed by atoms with E-state index in [1.165, 1.54) is 29.5 Å². The second kappa shape index (κ2) is 17.3. The quantitative estimate of drug-likeness (QED) is 0.103. The second-order valence-corrected chi connectivity index (χ2v) is 17.5. The van der Waals surface area contributed by atoms with Gasteiger partial charge in [0.1, 0.15) is 28.7 Å². The first-order valence-corrected chi connectivity index (χ1v) is 21.4. The number of esters is 1. The number of amides is 1. The maximum absolute atomic E-state index is 14.6. The number of aromatic amines is 1. The fraction of sp³-hybridized carbons (Fsp3) is 0.400. The molecule has 1 amide bonds. The fourth-order valence-corrected chi connectivity index (χ4v) is 9.86. The van der Waals surface area contributed by atoms with Gasteiger partial charge in [-0.25, -0.2) is 37.6 Å². The van der Waals surface area contributed by atoms with Crippen LogP contribution in [-0.4, -0.2) is 64.0 Å². The molecule has 3 aromatic heterocycles. The van der Waals surface area contributed by atoms with Crippen LogP contribution in [-0.2, 0) is 27.1 Å². The number of aryl methyl sites for hydroxylation is 1. The summed E-state index contributed by atoms with van der Waals surface area (Å²) >= 11 is 1.24. The third-order valence-corrected chi connectivity index (χ3v) is 12.5. The van der Waals surface area contributed by atoms with Crippen LogP contribution in [0.25, 0.3) is 15.7 Å². The van der Waals surface area contributed by atoms with Gasteiger partial charge in [-0.1, -0.05) is 24.3 Å². The van der Waals surface area contributed by atoms with Crippen molar-refractivity contribution in [2.75, 3.05) is 25.6 Å². The average molecular weight is 873 g/mol. The number of hydrogen-bond acceptors (Lipinski definition) is 12. The van der Waals surface area contributed by atoms with Crippen LogP contribution in [0, 0.1) is 5.82 Å². The Balaban J connectivity index is 1.34. The molecule has 3 N–H and O–H groups in total. The summed E-state index contributed by atoms with van der Waals surface area (Å²) in [5.41, 5.74) is 2.89. The zero-order valence-corrected chi connectivity index (χ0v) is 35.7. The molecule has 5 aromatic rings. The number of thiophene rings is 1. The number of hydrogen-bond donors (Lipinski definition) is 3.